The number of aliphatic hydroxyl groups excluding tert-OH is 1. The van der Waals surface area contributed by atoms with Gasteiger partial charge >= 0.3 is 12.0 Å². The van der Waals surface area contributed by atoms with E-state index < -0.39 is 18.1 Å². The van der Waals surface area contributed by atoms with Crippen molar-refractivity contribution in [1.29, 1.82) is 0 Å². The van der Waals surface area contributed by atoms with E-state index in [0.29, 0.717) is 6.54 Å². The Bertz CT molecular complexity index is 252. The fourth-order valence-electron chi connectivity index (χ4n) is 0.740. The molecule has 6 nitrogen and oxygen atoms in total. The lowest BCUT2D eigenvalue weighted by Crippen LogP contribution is -2.38. The summed E-state index contributed by atoms with van der Waals surface area (Å²) >= 11 is 0. The maximum absolute atomic E-state index is 11.0. The van der Waals surface area contributed by atoms with Crippen molar-refractivity contribution in [3.05, 3.63) is 12.2 Å². The number of carboxylic acid groups (broad SMARTS) is 1. The van der Waals surface area contributed by atoms with Crippen LogP contribution in [0.2, 0.25) is 0 Å². The summed E-state index contributed by atoms with van der Waals surface area (Å²) in [4.78, 5) is 21.2. The highest BCUT2D eigenvalue weighted by atomic mass is 16.4. The predicted molar refractivity (Wildman–Crippen MR) is 54.5 cm³/mol. The second-order valence-corrected chi connectivity index (χ2v) is 3.21. The first-order valence-electron chi connectivity index (χ1n) is 4.50. The molecule has 6 heteroatoms. The number of rotatable bonds is 6. The highest BCUT2D eigenvalue weighted by Gasteiger charge is 2.12. The maximum Gasteiger partial charge on any atom is 0.332 e. The number of aliphatic hydroxyl groups is 1. The summed E-state index contributed by atoms with van der Waals surface area (Å²) < 4.78 is 0. The summed E-state index contributed by atoms with van der Waals surface area (Å²) in [5.74, 6) is -1.29. The highest BCUT2D eigenvalue weighted by Crippen LogP contribution is 1.89. The molecule has 15 heavy (non-hydrogen) atoms. The molecule has 4 N–H and O–H groups in total. The first kappa shape index (κ1) is 13.4. The molecule has 1 unspecified atom stereocenters. The van der Waals surface area contributed by atoms with Crippen LogP contribution >= 0.6 is 0 Å². The predicted octanol–water partition coefficient (Wildman–Crippen LogP) is -0.303. The number of amides is 2. The van der Waals surface area contributed by atoms with Crippen LogP contribution in [0.1, 0.15) is 13.3 Å². The number of urea groups is 1. The number of aliphatic carboxylic acids is 1. The van der Waals surface area contributed by atoms with E-state index in [1.54, 1.807) is 6.92 Å². The van der Waals surface area contributed by atoms with Crippen LogP contribution < -0.4 is 10.6 Å². The molecule has 0 aliphatic rings. The Balaban J connectivity index is 3.55. The third kappa shape index (κ3) is 7.51. The van der Waals surface area contributed by atoms with Crippen molar-refractivity contribution >= 4 is 12.0 Å². The quantitative estimate of drug-likeness (QED) is 0.458. The minimum atomic E-state index is -1.44. The molecule has 0 aliphatic carbocycles. The van der Waals surface area contributed by atoms with Crippen LogP contribution in [0.3, 0.4) is 0 Å². The van der Waals surface area contributed by atoms with Crippen LogP contribution in [0.5, 0.6) is 0 Å². The van der Waals surface area contributed by atoms with Gasteiger partial charge in [0.05, 0.1) is 0 Å². The molecule has 86 valence electrons. The zero-order valence-electron chi connectivity index (χ0n) is 8.62. The third-order valence-corrected chi connectivity index (χ3v) is 1.54. The highest BCUT2D eigenvalue weighted by molar-refractivity contribution is 5.74. The zero-order chi connectivity index (χ0) is 11.8. The van der Waals surface area contributed by atoms with Gasteiger partial charge < -0.3 is 20.8 Å². The van der Waals surface area contributed by atoms with E-state index in [-0.39, 0.29) is 13.0 Å². The summed E-state index contributed by atoms with van der Waals surface area (Å²) in [6.45, 7) is 5.85. The van der Waals surface area contributed by atoms with Gasteiger partial charge in [-0.3, -0.25) is 0 Å². The maximum atomic E-state index is 11.0. The van der Waals surface area contributed by atoms with Gasteiger partial charge in [0.15, 0.2) is 6.10 Å². The van der Waals surface area contributed by atoms with Crippen molar-refractivity contribution in [3.8, 4) is 0 Å². The van der Waals surface area contributed by atoms with E-state index >= 15 is 0 Å². The normalized spacial score (nSPS) is 11.6. The molecular formula is C9H16N2O4. The van der Waals surface area contributed by atoms with Crippen LogP contribution in [0.15, 0.2) is 12.2 Å². The summed E-state index contributed by atoms with van der Waals surface area (Å²) in [6.07, 6.45) is -1.46. The molecule has 0 bridgehead atoms. The van der Waals surface area contributed by atoms with E-state index in [9.17, 15) is 9.59 Å². The van der Waals surface area contributed by atoms with Crippen LogP contribution in [0, 0.1) is 0 Å². The van der Waals surface area contributed by atoms with E-state index in [0.717, 1.165) is 5.57 Å². The van der Waals surface area contributed by atoms with Crippen molar-refractivity contribution in [3.63, 3.8) is 0 Å². The van der Waals surface area contributed by atoms with Gasteiger partial charge in [0.2, 0.25) is 0 Å². The van der Waals surface area contributed by atoms with Gasteiger partial charge in [-0.2, -0.15) is 0 Å². The third-order valence-electron chi connectivity index (χ3n) is 1.54. The molecule has 0 radical (unpaired) electrons. The number of carboxylic acids is 1. The molecule has 0 rings (SSSR count). The minimum Gasteiger partial charge on any atom is -0.479 e. The first-order valence-corrected chi connectivity index (χ1v) is 4.50. The molecule has 0 fully saturated rings. The van der Waals surface area contributed by atoms with Crippen LogP contribution in [-0.2, 0) is 4.79 Å². The molecule has 0 heterocycles. The van der Waals surface area contributed by atoms with E-state index in [4.69, 9.17) is 10.2 Å². The Hall–Kier alpha value is -1.56. The van der Waals surface area contributed by atoms with Gasteiger partial charge in [-0.1, -0.05) is 12.2 Å². The Morgan fingerprint density at radius 1 is 1.40 bits per heavy atom. The lowest BCUT2D eigenvalue weighted by Gasteiger charge is -2.08. The topological polar surface area (TPSA) is 98.7 Å². The summed E-state index contributed by atoms with van der Waals surface area (Å²) in [7, 11) is 0. The fraction of sp³-hybridized carbons (Fsp3) is 0.556. The Kier molecular flexibility index (Phi) is 6.12. The molecule has 0 aromatic rings. The number of hydrogen-bond acceptors (Lipinski definition) is 3. The van der Waals surface area contributed by atoms with Gasteiger partial charge in [0.1, 0.15) is 0 Å². The average molecular weight is 216 g/mol. The molecule has 1 atom stereocenters. The van der Waals surface area contributed by atoms with Gasteiger partial charge in [-0.05, 0) is 6.92 Å². The number of nitrogens with one attached hydrogen (secondary N) is 2. The first-order chi connectivity index (χ1) is 6.93. The molecule has 0 saturated heterocycles. The van der Waals surface area contributed by atoms with Gasteiger partial charge in [-0.25, -0.2) is 9.59 Å². The molecule has 0 aliphatic heterocycles. The summed E-state index contributed by atoms with van der Waals surface area (Å²) in [5.41, 5.74) is 0.815. The Labute approximate surface area is 88.0 Å². The Morgan fingerprint density at radius 2 is 2.00 bits per heavy atom. The van der Waals surface area contributed by atoms with E-state index in [2.05, 4.69) is 17.2 Å². The second-order valence-electron chi connectivity index (χ2n) is 3.21. The van der Waals surface area contributed by atoms with Gasteiger partial charge in [0.25, 0.3) is 0 Å². The van der Waals surface area contributed by atoms with Crippen molar-refractivity contribution in [2.45, 2.75) is 19.4 Å². The monoisotopic (exact) mass is 216 g/mol. The number of carbonyl (C=O) groups excluding carboxylic acids is 1. The molecule has 2 amide bonds. The van der Waals surface area contributed by atoms with E-state index in [1.807, 2.05) is 0 Å². The molecule has 0 aromatic carbocycles. The smallest absolute Gasteiger partial charge is 0.332 e. The second kappa shape index (κ2) is 6.83. The van der Waals surface area contributed by atoms with Crippen LogP contribution in [-0.4, -0.2) is 41.4 Å². The lowest BCUT2D eigenvalue weighted by atomic mass is 10.2. The average Bonchev–Trinajstić information content (AvgIpc) is 2.14. The van der Waals surface area contributed by atoms with Gasteiger partial charge in [-0.15, -0.1) is 0 Å². The molecule has 0 spiro atoms. The summed E-state index contributed by atoms with van der Waals surface area (Å²) in [5, 5.41) is 22.1. The van der Waals surface area contributed by atoms with Crippen molar-refractivity contribution in [2.75, 3.05) is 13.1 Å². The fourth-order valence-corrected chi connectivity index (χ4v) is 0.740. The molecule has 0 saturated carbocycles. The van der Waals surface area contributed by atoms with Crippen LogP contribution in [0.25, 0.3) is 0 Å². The minimum absolute atomic E-state index is 0.0180. The van der Waals surface area contributed by atoms with Crippen molar-refractivity contribution in [2.24, 2.45) is 0 Å². The largest absolute Gasteiger partial charge is 0.479 e. The Morgan fingerprint density at radius 3 is 2.47 bits per heavy atom. The SMILES string of the molecule is C=C(C)CNC(=O)NCCC(O)C(=O)O. The number of carbonyl (C=O) groups is 2. The number of hydrogen-bond donors (Lipinski definition) is 4. The molecule has 0 aromatic heterocycles. The standard InChI is InChI=1S/C9H16N2O4/c1-6(2)5-11-9(15)10-4-3-7(12)8(13)14/h7,12H,1,3-5H2,2H3,(H,13,14)(H2,10,11,15). The molecular weight excluding hydrogens is 200 g/mol. The van der Waals surface area contributed by atoms with Gasteiger partial charge in [0, 0.05) is 19.5 Å². The summed E-state index contributed by atoms with van der Waals surface area (Å²) in [6, 6.07) is -0.407. The van der Waals surface area contributed by atoms with Crippen molar-refractivity contribution < 1.29 is 19.8 Å². The van der Waals surface area contributed by atoms with Crippen LogP contribution in [0.4, 0.5) is 4.79 Å². The lowest BCUT2D eigenvalue weighted by molar-refractivity contribution is -0.146. The van der Waals surface area contributed by atoms with E-state index in [1.165, 1.54) is 0 Å². The van der Waals surface area contributed by atoms with Crippen molar-refractivity contribution in [1.82, 2.24) is 10.6 Å². The zero-order valence-corrected chi connectivity index (χ0v) is 8.62.